The molecule has 120 valence electrons. The van der Waals surface area contributed by atoms with Crippen LogP contribution >= 0.6 is 12.6 Å². The van der Waals surface area contributed by atoms with Crippen molar-refractivity contribution in [3.63, 3.8) is 0 Å². The van der Waals surface area contributed by atoms with Gasteiger partial charge in [-0.05, 0) is 50.9 Å². The topological polar surface area (TPSA) is 27.7 Å². The molecular weight excluding hydrogens is 302 g/mol. The van der Waals surface area contributed by atoms with E-state index in [1.54, 1.807) is 6.07 Å². The number of thiol groups is 1. The molecule has 22 heavy (non-hydrogen) atoms. The summed E-state index contributed by atoms with van der Waals surface area (Å²) in [5.74, 6) is 0.576. The summed E-state index contributed by atoms with van der Waals surface area (Å²) in [5.41, 5.74) is 0.698. The molecule has 0 bridgehead atoms. The van der Waals surface area contributed by atoms with E-state index in [4.69, 9.17) is 14.0 Å². The van der Waals surface area contributed by atoms with Crippen LogP contribution in [0.5, 0.6) is 5.75 Å². The molecule has 3 nitrogen and oxygen atoms in total. The Morgan fingerprint density at radius 3 is 2.32 bits per heavy atom. The zero-order valence-corrected chi connectivity index (χ0v) is 14.5. The molecule has 6 heteroatoms. The lowest BCUT2D eigenvalue weighted by molar-refractivity contribution is 0.00578. The van der Waals surface area contributed by atoms with Crippen molar-refractivity contribution < 1.29 is 18.4 Å². The fourth-order valence-electron chi connectivity index (χ4n) is 2.18. The van der Waals surface area contributed by atoms with E-state index in [-0.39, 0.29) is 5.82 Å². The van der Waals surface area contributed by atoms with Crippen molar-refractivity contribution in [2.45, 2.75) is 38.9 Å². The van der Waals surface area contributed by atoms with Crippen molar-refractivity contribution in [1.82, 2.24) is 0 Å². The van der Waals surface area contributed by atoms with Crippen molar-refractivity contribution in [1.29, 1.82) is 0 Å². The molecule has 0 N–H and O–H groups in total. The van der Waals surface area contributed by atoms with Crippen LogP contribution in [0.4, 0.5) is 4.39 Å². The van der Waals surface area contributed by atoms with Crippen LogP contribution in [-0.2, 0) is 9.31 Å². The third-order valence-electron chi connectivity index (χ3n) is 4.22. The SMILES string of the molecule is COc1cc(F)cc(C=C(CS)B2OC(C)(C)C(C)(C)O2)c1. The quantitative estimate of drug-likeness (QED) is 0.675. The molecule has 0 atom stereocenters. The molecule has 1 heterocycles. The van der Waals surface area contributed by atoms with Crippen molar-refractivity contribution in [2.75, 3.05) is 12.9 Å². The van der Waals surface area contributed by atoms with Gasteiger partial charge in [0.05, 0.1) is 18.3 Å². The number of hydrogen-bond acceptors (Lipinski definition) is 4. The lowest BCUT2D eigenvalue weighted by Crippen LogP contribution is -2.41. The number of rotatable bonds is 4. The second-order valence-corrected chi connectivity index (χ2v) is 6.71. The molecule has 1 aliphatic heterocycles. The summed E-state index contributed by atoms with van der Waals surface area (Å²) in [6.45, 7) is 7.98. The monoisotopic (exact) mass is 324 g/mol. The Balaban J connectivity index is 2.31. The summed E-state index contributed by atoms with van der Waals surface area (Å²) in [5, 5.41) is 0. The minimum atomic E-state index is -0.489. The highest BCUT2D eigenvalue weighted by Crippen LogP contribution is 2.39. The third-order valence-corrected chi connectivity index (χ3v) is 4.59. The Labute approximate surface area is 137 Å². The summed E-state index contributed by atoms with van der Waals surface area (Å²) >= 11 is 4.36. The summed E-state index contributed by atoms with van der Waals surface area (Å²) in [6.07, 6.45) is 1.83. The number of methoxy groups -OCH3 is 1. The van der Waals surface area contributed by atoms with Crippen LogP contribution in [0.3, 0.4) is 0 Å². The molecule has 0 aliphatic carbocycles. The van der Waals surface area contributed by atoms with Crippen LogP contribution in [0, 0.1) is 5.82 Å². The summed E-state index contributed by atoms with van der Waals surface area (Å²) < 4.78 is 30.7. The van der Waals surface area contributed by atoms with Gasteiger partial charge in [-0.2, -0.15) is 12.6 Å². The van der Waals surface area contributed by atoms with Gasteiger partial charge in [-0.25, -0.2) is 4.39 Å². The maximum absolute atomic E-state index is 13.6. The second-order valence-electron chi connectivity index (χ2n) is 6.39. The van der Waals surface area contributed by atoms with E-state index < -0.39 is 18.3 Å². The van der Waals surface area contributed by atoms with Crippen molar-refractivity contribution in [2.24, 2.45) is 0 Å². The van der Waals surface area contributed by atoms with Gasteiger partial charge in [-0.3, -0.25) is 0 Å². The standard InChI is InChI=1S/C16H22BFO3S/c1-15(2)16(3,4)21-17(20-15)12(10-22)6-11-7-13(18)9-14(8-11)19-5/h6-9,22H,10H2,1-5H3. The number of ether oxygens (including phenoxy) is 1. The maximum atomic E-state index is 13.6. The van der Waals surface area contributed by atoms with E-state index >= 15 is 0 Å². The molecule has 1 fully saturated rings. The predicted molar refractivity (Wildman–Crippen MR) is 90.9 cm³/mol. The van der Waals surface area contributed by atoms with Gasteiger partial charge in [0.2, 0.25) is 0 Å². The van der Waals surface area contributed by atoms with Crippen LogP contribution in [0.2, 0.25) is 0 Å². The first-order valence-electron chi connectivity index (χ1n) is 7.20. The van der Waals surface area contributed by atoms with E-state index in [1.165, 1.54) is 19.2 Å². The third kappa shape index (κ3) is 3.50. The Hall–Kier alpha value is -0.975. The Bertz CT molecular complexity index is 571. The Kier molecular flexibility index (Phi) is 4.95. The average molecular weight is 324 g/mol. The van der Waals surface area contributed by atoms with Gasteiger partial charge >= 0.3 is 7.12 Å². The molecule has 1 aromatic rings. The van der Waals surface area contributed by atoms with Gasteiger partial charge < -0.3 is 14.0 Å². The van der Waals surface area contributed by atoms with Crippen molar-refractivity contribution in [3.8, 4) is 5.75 Å². The Morgan fingerprint density at radius 2 is 1.82 bits per heavy atom. The summed E-state index contributed by atoms with van der Waals surface area (Å²) in [4.78, 5) is 0. The normalized spacial score (nSPS) is 20.3. The molecule has 0 aromatic heterocycles. The van der Waals surface area contributed by atoms with Crippen LogP contribution < -0.4 is 4.74 Å². The molecule has 0 amide bonds. The molecule has 1 aromatic carbocycles. The first-order valence-corrected chi connectivity index (χ1v) is 7.83. The van der Waals surface area contributed by atoms with E-state index in [0.717, 1.165) is 5.47 Å². The van der Waals surface area contributed by atoms with E-state index in [1.807, 2.05) is 33.8 Å². The number of benzene rings is 1. The number of halogens is 1. The van der Waals surface area contributed by atoms with Gasteiger partial charge in [-0.1, -0.05) is 6.08 Å². The molecule has 1 aliphatic rings. The van der Waals surface area contributed by atoms with Gasteiger partial charge in [0.15, 0.2) is 0 Å². The van der Waals surface area contributed by atoms with Crippen LogP contribution in [0.25, 0.3) is 6.08 Å². The lowest BCUT2D eigenvalue weighted by Gasteiger charge is -2.32. The van der Waals surface area contributed by atoms with Gasteiger partial charge in [-0.15, -0.1) is 0 Å². The molecular formula is C16H22BFO3S. The fraction of sp³-hybridized carbons (Fsp3) is 0.500. The van der Waals surface area contributed by atoms with Crippen molar-refractivity contribution in [3.05, 3.63) is 35.1 Å². The average Bonchev–Trinajstić information content (AvgIpc) is 2.64. The van der Waals surface area contributed by atoms with Crippen LogP contribution in [0.1, 0.15) is 33.3 Å². The smallest absolute Gasteiger partial charge is 0.491 e. The van der Waals surface area contributed by atoms with E-state index in [2.05, 4.69) is 12.6 Å². The first kappa shape index (κ1) is 17.4. The number of hydrogen-bond donors (Lipinski definition) is 1. The molecule has 0 saturated carbocycles. The van der Waals surface area contributed by atoms with Gasteiger partial charge in [0, 0.05) is 11.8 Å². The molecule has 0 spiro atoms. The van der Waals surface area contributed by atoms with Crippen LogP contribution in [0.15, 0.2) is 23.7 Å². The highest BCUT2D eigenvalue weighted by atomic mass is 32.1. The molecule has 1 saturated heterocycles. The lowest BCUT2D eigenvalue weighted by atomic mass is 9.78. The fourth-order valence-corrected chi connectivity index (χ4v) is 2.42. The second kappa shape index (κ2) is 6.26. The minimum absolute atomic E-state index is 0.349. The van der Waals surface area contributed by atoms with Gasteiger partial charge in [0.25, 0.3) is 0 Å². The van der Waals surface area contributed by atoms with Crippen LogP contribution in [-0.4, -0.2) is 31.2 Å². The van der Waals surface area contributed by atoms with E-state index in [9.17, 15) is 4.39 Å². The highest BCUT2D eigenvalue weighted by molar-refractivity contribution is 7.80. The Morgan fingerprint density at radius 1 is 1.23 bits per heavy atom. The molecule has 0 unspecified atom stereocenters. The zero-order valence-electron chi connectivity index (χ0n) is 13.6. The first-order chi connectivity index (χ1) is 10.2. The highest BCUT2D eigenvalue weighted by Gasteiger charge is 2.52. The molecule has 0 radical (unpaired) electrons. The maximum Gasteiger partial charge on any atom is 0.491 e. The largest absolute Gasteiger partial charge is 0.497 e. The van der Waals surface area contributed by atoms with Crippen molar-refractivity contribution >= 4 is 25.8 Å². The zero-order chi connectivity index (χ0) is 16.5. The van der Waals surface area contributed by atoms with E-state index in [0.29, 0.717) is 17.1 Å². The van der Waals surface area contributed by atoms with Gasteiger partial charge in [0.1, 0.15) is 11.6 Å². The predicted octanol–water partition coefficient (Wildman–Crippen LogP) is 3.78. The minimum Gasteiger partial charge on any atom is -0.497 e. The summed E-state index contributed by atoms with van der Waals surface area (Å²) in [6, 6.07) is 4.54. The molecule has 2 rings (SSSR count). The summed E-state index contributed by atoms with van der Waals surface area (Å²) in [7, 11) is 1.02.